The average Bonchev–Trinajstić information content (AvgIpc) is 3.68. The highest BCUT2D eigenvalue weighted by atomic mass is 32.2. The van der Waals surface area contributed by atoms with Crippen molar-refractivity contribution in [3.05, 3.63) is 76.7 Å². The highest BCUT2D eigenvalue weighted by Crippen LogP contribution is 2.47. The molecule has 2 aromatic carbocycles. The Morgan fingerprint density at radius 1 is 1.10 bits per heavy atom. The molecule has 218 valence electrons. The Hall–Kier alpha value is -3.49. The Kier molecular flexibility index (Phi) is 6.55. The lowest BCUT2D eigenvalue weighted by Crippen LogP contribution is -2.38. The number of aliphatic hydroxyl groups is 1. The molecule has 3 aromatic heterocycles. The fourth-order valence-corrected chi connectivity index (χ4v) is 7.47. The van der Waals surface area contributed by atoms with Crippen LogP contribution in [0.1, 0.15) is 31.6 Å². The van der Waals surface area contributed by atoms with Crippen LogP contribution in [-0.4, -0.2) is 67.3 Å². The lowest BCUT2D eigenvalue weighted by molar-refractivity contribution is -0.0615. The predicted octanol–water partition coefficient (Wildman–Crippen LogP) is 2.89. The third kappa shape index (κ3) is 4.30. The van der Waals surface area contributed by atoms with Crippen LogP contribution in [0.3, 0.4) is 0 Å². The number of sulfone groups is 1. The van der Waals surface area contributed by atoms with Crippen molar-refractivity contribution in [3.8, 4) is 11.3 Å². The summed E-state index contributed by atoms with van der Waals surface area (Å²) in [5.41, 5.74) is 1.43. The third-order valence-electron chi connectivity index (χ3n) is 7.53. The van der Waals surface area contributed by atoms with E-state index in [1.807, 2.05) is 44.2 Å². The molecule has 0 bridgehead atoms. The van der Waals surface area contributed by atoms with Crippen LogP contribution in [0.25, 0.3) is 28.2 Å². The van der Waals surface area contributed by atoms with Gasteiger partial charge in [0.1, 0.15) is 18.3 Å². The lowest BCUT2D eigenvalue weighted by Gasteiger charge is -2.27. The summed E-state index contributed by atoms with van der Waals surface area (Å²) in [6.07, 6.45) is -3.05. The van der Waals surface area contributed by atoms with Crippen molar-refractivity contribution in [2.45, 2.75) is 54.4 Å². The van der Waals surface area contributed by atoms with Crippen LogP contribution in [0.4, 0.5) is 0 Å². The third-order valence-corrected chi connectivity index (χ3v) is 9.98. The maximum absolute atomic E-state index is 14.1. The van der Waals surface area contributed by atoms with Crippen LogP contribution >= 0.6 is 8.60 Å². The van der Waals surface area contributed by atoms with Gasteiger partial charge < -0.3 is 28.8 Å². The van der Waals surface area contributed by atoms with E-state index in [9.17, 15) is 23.2 Å². The molecule has 2 aliphatic heterocycles. The number of nitrogens with one attached hydrogen (secondary N) is 1. The summed E-state index contributed by atoms with van der Waals surface area (Å²) in [5, 5.41) is 10.7. The molecule has 0 amide bonds. The zero-order valence-electron chi connectivity index (χ0n) is 22.4. The fourth-order valence-electron chi connectivity index (χ4n) is 5.30. The Morgan fingerprint density at radius 3 is 2.55 bits per heavy atom. The number of fused-ring (bicyclic) bond motifs is 3. The van der Waals surface area contributed by atoms with Gasteiger partial charge in [0.15, 0.2) is 17.4 Å². The van der Waals surface area contributed by atoms with Crippen molar-refractivity contribution in [2.24, 2.45) is 0 Å². The molecule has 5 heterocycles. The van der Waals surface area contributed by atoms with Gasteiger partial charge in [0.2, 0.25) is 20.8 Å². The summed E-state index contributed by atoms with van der Waals surface area (Å²) in [6.45, 7) is 3.91. The number of aliphatic hydroxyl groups excluding tert-OH is 1. The second kappa shape index (κ2) is 10.1. The first-order valence-corrected chi connectivity index (χ1v) is 15.8. The number of hydrogen-bond acceptors (Lipinski definition) is 10. The Morgan fingerprint density at radius 2 is 1.83 bits per heavy atom. The minimum Gasteiger partial charge on any atom is -0.386 e. The van der Waals surface area contributed by atoms with Gasteiger partial charge in [0, 0.05) is 6.20 Å². The van der Waals surface area contributed by atoms with Crippen molar-refractivity contribution >= 4 is 35.4 Å². The van der Waals surface area contributed by atoms with Gasteiger partial charge in [-0.05, 0) is 29.2 Å². The molecular formula is C27H26N5O8PS. The number of imidazole rings is 2. The lowest BCUT2D eigenvalue weighted by atomic mass is 10.0. The van der Waals surface area contributed by atoms with E-state index in [1.165, 1.54) is 16.5 Å². The van der Waals surface area contributed by atoms with E-state index in [0.29, 0.717) is 5.69 Å². The van der Waals surface area contributed by atoms with Gasteiger partial charge in [0.25, 0.3) is 5.56 Å². The highest BCUT2D eigenvalue weighted by Gasteiger charge is 2.51. The minimum absolute atomic E-state index is 0.0520. The van der Waals surface area contributed by atoms with Gasteiger partial charge in [-0.15, -0.1) is 0 Å². The Labute approximate surface area is 240 Å². The van der Waals surface area contributed by atoms with Crippen molar-refractivity contribution in [2.75, 3.05) is 6.61 Å². The molecule has 3 N–H and O–H groups in total. The van der Waals surface area contributed by atoms with Crippen molar-refractivity contribution in [1.29, 1.82) is 0 Å². The molecule has 0 radical (unpaired) electrons. The second-order valence-corrected chi connectivity index (χ2v) is 13.3. The second-order valence-electron chi connectivity index (χ2n) is 10.5. The largest absolute Gasteiger partial charge is 0.386 e. The first kappa shape index (κ1) is 27.3. The summed E-state index contributed by atoms with van der Waals surface area (Å²) >= 11 is 0. The summed E-state index contributed by atoms with van der Waals surface area (Å²) < 4.78 is 47.1. The van der Waals surface area contributed by atoms with Crippen molar-refractivity contribution < 1.29 is 32.2 Å². The molecule has 5 unspecified atom stereocenters. The number of ether oxygens (including phenoxy) is 1. The number of benzene rings is 2. The molecule has 0 saturated carbocycles. The molecule has 42 heavy (non-hydrogen) atoms. The normalized spacial score (nSPS) is 24.5. The van der Waals surface area contributed by atoms with E-state index in [4.69, 9.17) is 13.8 Å². The summed E-state index contributed by atoms with van der Waals surface area (Å²) in [5.74, 6) is 0.324. The minimum atomic E-state index is -4.34. The van der Waals surface area contributed by atoms with E-state index in [-0.39, 0.29) is 34.4 Å². The summed E-state index contributed by atoms with van der Waals surface area (Å²) in [6, 6.07) is 15.7. The van der Waals surface area contributed by atoms with Gasteiger partial charge in [-0.25, -0.2) is 17.8 Å². The quantitative estimate of drug-likeness (QED) is 0.251. The molecule has 7 rings (SSSR count). The molecule has 2 aliphatic rings. The fraction of sp³-hybridized carbons (Fsp3) is 0.296. The average molecular weight is 612 g/mol. The zero-order chi connectivity index (χ0) is 29.3. The van der Waals surface area contributed by atoms with E-state index < -0.39 is 53.7 Å². The molecule has 5 aromatic rings. The summed E-state index contributed by atoms with van der Waals surface area (Å²) in [4.78, 5) is 35.6. The van der Waals surface area contributed by atoms with Crippen molar-refractivity contribution in [3.63, 3.8) is 0 Å². The number of aromatic nitrogens is 5. The van der Waals surface area contributed by atoms with E-state index in [0.717, 1.165) is 15.7 Å². The smallest absolute Gasteiger partial charge is 0.330 e. The van der Waals surface area contributed by atoms with Crippen LogP contribution in [0, 0.1) is 0 Å². The Balaban J connectivity index is 1.44. The number of aromatic amines is 1. The van der Waals surface area contributed by atoms with Gasteiger partial charge in [-0.3, -0.25) is 9.36 Å². The van der Waals surface area contributed by atoms with Crippen LogP contribution in [-0.2, 0) is 23.6 Å². The van der Waals surface area contributed by atoms with Crippen molar-refractivity contribution in [1.82, 2.24) is 23.9 Å². The van der Waals surface area contributed by atoms with Crippen LogP contribution < -0.4 is 5.56 Å². The molecule has 2 fully saturated rings. The number of rotatable bonds is 5. The first-order chi connectivity index (χ1) is 20.1. The Bertz CT molecular complexity index is 1970. The number of hydrogen-bond donors (Lipinski definition) is 3. The van der Waals surface area contributed by atoms with E-state index in [1.54, 1.807) is 18.3 Å². The molecule has 5 atom stereocenters. The SMILES string of the molecule is CC(C)c1ccc(S(=O)(=O)c2nc3c(=O)n4cc(-c5ccccc5)[nH]c4nc3n2C2OC3COP(O)OC3C2O)cc1. The van der Waals surface area contributed by atoms with Gasteiger partial charge in [-0.1, -0.05) is 56.3 Å². The molecular weight excluding hydrogens is 585 g/mol. The monoisotopic (exact) mass is 611 g/mol. The number of nitrogens with zero attached hydrogens (tertiary/aromatic N) is 4. The topological polar surface area (TPSA) is 170 Å². The van der Waals surface area contributed by atoms with Gasteiger partial charge in [0.05, 0.1) is 17.2 Å². The molecule has 2 saturated heterocycles. The maximum atomic E-state index is 14.1. The first-order valence-electron chi connectivity index (χ1n) is 13.2. The van der Waals surface area contributed by atoms with Crippen LogP contribution in [0.2, 0.25) is 0 Å². The molecule has 0 aliphatic carbocycles. The van der Waals surface area contributed by atoms with Gasteiger partial charge in [-0.2, -0.15) is 4.98 Å². The molecule has 13 nitrogen and oxygen atoms in total. The van der Waals surface area contributed by atoms with E-state index in [2.05, 4.69) is 15.0 Å². The summed E-state index contributed by atoms with van der Waals surface area (Å²) in [7, 11) is -6.59. The molecule has 15 heteroatoms. The number of H-pyrrole nitrogens is 1. The standard InChI is InChI=1S/C27H26N5O8PS/c1-14(2)15-8-10-17(11-9-15)42(36,37)27-29-20-23(32(27)25-21(33)22-19(39-25)13-38-41(35)40-22)30-26-28-18(12-31(26)24(20)34)16-6-4-3-5-7-16/h3-12,14,19,21-22,25,33,35H,13H2,1-2H3,(H,28,30). The van der Waals surface area contributed by atoms with E-state index >= 15 is 0 Å². The van der Waals surface area contributed by atoms with Crippen LogP contribution in [0.15, 0.2) is 75.6 Å². The van der Waals surface area contributed by atoms with Crippen LogP contribution in [0.5, 0.6) is 0 Å². The zero-order valence-corrected chi connectivity index (χ0v) is 24.1. The maximum Gasteiger partial charge on any atom is 0.330 e. The van der Waals surface area contributed by atoms with Gasteiger partial charge >= 0.3 is 8.60 Å². The highest BCUT2D eigenvalue weighted by molar-refractivity contribution is 7.91. The molecule has 0 spiro atoms. The predicted molar refractivity (Wildman–Crippen MR) is 150 cm³/mol.